The summed E-state index contributed by atoms with van der Waals surface area (Å²) in [6, 6.07) is 14.4. The molecule has 0 aliphatic carbocycles. The van der Waals surface area contributed by atoms with Crippen LogP contribution in [-0.4, -0.2) is 97.1 Å². The van der Waals surface area contributed by atoms with Crippen LogP contribution in [0.1, 0.15) is 41.6 Å². The molecule has 2 aliphatic heterocycles. The highest BCUT2D eigenvalue weighted by Crippen LogP contribution is 2.33. The summed E-state index contributed by atoms with van der Waals surface area (Å²) in [6.07, 6.45) is -0.0555. The lowest BCUT2D eigenvalue weighted by Gasteiger charge is -2.47. The zero-order chi connectivity index (χ0) is 29.4. The average molecular weight is 599 g/mol. The number of nitrogens with one attached hydrogen (secondary N) is 1. The van der Waals surface area contributed by atoms with Crippen molar-refractivity contribution in [1.29, 1.82) is 0 Å². The van der Waals surface area contributed by atoms with Crippen LogP contribution in [0.5, 0.6) is 0 Å². The fraction of sp³-hybridized carbons (Fsp3) is 0.517. The van der Waals surface area contributed by atoms with E-state index >= 15 is 0 Å². The van der Waals surface area contributed by atoms with Crippen molar-refractivity contribution in [1.82, 2.24) is 14.7 Å². The molecule has 2 saturated heterocycles. The molecule has 40 heavy (non-hydrogen) atoms. The Labute approximate surface area is 244 Å². The van der Waals surface area contributed by atoms with Crippen molar-refractivity contribution in [2.24, 2.45) is 0 Å². The van der Waals surface area contributed by atoms with E-state index in [1.165, 1.54) is 17.0 Å². The third-order valence-electron chi connectivity index (χ3n) is 7.28. The monoisotopic (exact) mass is 598 g/mol. The Balaban J connectivity index is 0.000000307. The molecule has 0 radical (unpaired) electrons. The summed E-state index contributed by atoms with van der Waals surface area (Å²) in [6.45, 7) is 4.90. The van der Waals surface area contributed by atoms with Gasteiger partial charge >= 0.3 is 6.18 Å². The summed E-state index contributed by atoms with van der Waals surface area (Å²) in [7, 11) is 3.44. The number of rotatable bonds is 7. The molecule has 0 bridgehead atoms. The molecule has 0 saturated carbocycles. The second-order valence-electron chi connectivity index (χ2n) is 10.4. The van der Waals surface area contributed by atoms with Crippen molar-refractivity contribution >= 4 is 40.9 Å². The quantitative estimate of drug-likeness (QED) is 0.434. The van der Waals surface area contributed by atoms with Gasteiger partial charge in [-0.3, -0.25) is 14.5 Å². The molecule has 2 aromatic rings. The van der Waals surface area contributed by atoms with Gasteiger partial charge in [0.2, 0.25) is 5.91 Å². The Morgan fingerprint density at radius 1 is 1.10 bits per heavy atom. The first-order valence-electron chi connectivity index (χ1n) is 13.3. The fourth-order valence-electron chi connectivity index (χ4n) is 4.78. The van der Waals surface area contributed by atoms with Gasteiger partial charge in [-0.1, -0.05) is 41.9 Å². The van der Waals surface area contributed by atoms with Crippen LogP contribution in [0, 0.1) is 0 Å². The number of carbonyl (C=O) groups excluding carboxylic acids is 2. The molecule has 1 N–H and O–H groups in total. The van der Waals surface area contributed by atoms with Crippen LogP contribution >= 0.6 is 23.4 Å². The first-order valence-corrected chi connectivity index (χ1v) is 15.1. The van der Waals surface area contributed by atoms with Crippen LogP contribution in [0.15, 0.2) is 48.5 Å². The highest BCUT2D eigenvalue weighted by molar-refractivity contribution is 7.99. The molecule has 2 amide bonds. The number of alkyl halides is 3. The van der Waals surface area contributed by atoms with Gasteiger partial charge < -0.3 is 15.1 Å². The van der Waals surface area contributed by atoms with Crippen LogP contribution in [0.25, 0.3) is 0 Å². The zero-order valence-corrected chi connectivity index (χ0v) is 25.0. The molecular weight excluding hydrogens is 561 g/mol. The second-order valence-corrected chi connectivity index (χ2v) is 11.7. The van der Waals surface area contributed by atoms with Gasteiger partial charge in [0, 0.05) is 52.0 Å². The summed E-state index contributed by atoms with van der Waals surface area (Å²) in [5.41, 5.74) is 1.78. The maximum Gasteiger partial charge on any atom is 0.395 e. The van der Waals surface area contributed by atoms with Crippen molar-refractivity contribution in [3.63, 3.8) is 0 Å². The van der Waals surface area contributed by atoms with Crippen LogP contribution in [0.4, 0.5) is 18.9 Å². The molecule has 2 heterocycles. The van der Waals surface area contributed by atoms with Crippen LogP contribution < -0.4 is 5.32 Å². The SMILES string of the molecule is CC(c1ccccc1)C(F)(F)F.CSCC(=O)N1CCC(N2CC(Nc3ccc(C(=O)N(C)C)c(Cl)c3)C2)CC1. The number of nitrogens with zero attached hydrogens (tertiary/aromatic N) is 3. The standard InChI is InChI=1S/C20H29ClN4O2S.C9H9F3/c1-23(2)20(27)17-5-4-14(10-18(17)21)22-15-11-25(12-15)16-6-8-24(9-7-16)19(26)13-28-3;1-7(9(10,11)12)8-5-3-2-4-6-8/h4-5,10,15-16,22H,6-9,11-13H2,1-3H3;2-7H,1H3. The summed E-state index contributed by atoms with van der Waals surface area (Å²) in [4.78, 5) is 30.1. The summed E-state index contributed by atoms with van der Waals surface area (Å²) < 4.78 is 36.4. The predicted octanol–water partition coefficient (Wildman–Crippen LogP) is 5.84. The molecule has 1 atom stereocenters. The summed E-state index contributed by atoms with van der Waals surface area (Å²) >= 11 is 7.89. The van der Waals surface area contributed by atoms with Crippen molar-refractivity contribution < 1.29 is 22.8 Å². The lowest BCUT2D eigenvalue weighted by Crippen LogP contribution is -2.60. The van der Waals surface area contributed by atoms with Gasteiger partial charge in [-0.05, 0) is 49.8 Å². The highest BCUT2D eigenvalue weighted by atomic mass is 35.5. The van der Waals surface area contributed by atoms with E-state index in [2.05, 4.69) is 10.2 Å². The molecule has 0 aromatic heterocycles. The van der Waals surface area contributed by atoms with E-state index < -0.39 is 12.1 Å². The van der Waals surface area contributed by atoms with Gasteiger partial charge in [-0.15, -0.1) is 0 Å². The van der Waals surface area contributed by atoms with E-state index in [1.807, 2.05) is 23.3 Å². The topological polar surface area (TPSA) is 55.9 Å². The summed E-state index contributed by atoms with van der Waals surface area (Å²) in [5, 5.41) is 3.98. The van der Waals surface area contributed by atoms with Crippen LogP contribution in [0.3, 0.4) is 0 Å². The van der Waals surface area contributed by atoms with Gasteiger partial charge in [0.05, 0.1) is 28.3 Å². The first kappa shape index (κ1) is 32.1. The minimum atomic E-state index is -4.14. The van der Waals surface area contributed by atoms with E-state index in [-0.39, 0.29) is 11.8 Å². The van der Waals surface area contributed by atoms with Gasteiger partial charge in [-0.2, -0.15) is 24.9 Å². The number of hydrogen-bond acceptors (Lipinski definition) is 5. The molecule has 2 aromatic carbocycles. The second kappa shape index (κ2) is 14.5. The Hall–Kier alpha value is -2.43. The smallest absolute Gasteiger partial charge is 0.380 e. The van der Waals surface area contributed by atoms with Gasteiger partial charge in [0.1, 0.15) is 0 Å². The van der Waals surface area contributed by atoms with Gasteiger partial charge in [0.15, 0.2) is 0 Å². The van der Waals surface area contributed by atoms with E-state index in [0.717, 1.165) is 51.6 Å². The normalized spacial score (nSPS) is 17.4. The largest absolute Gasteiger partial charge is 0.395 e. The molecule has 4 rings (SSSR count). The van der Waals surface area contributed by atoms with Crippen LogP contribution in [-0.2, 0) is 4.79 Å². The van der Waals surface area contributed by atoms with Crippen molar-refractivity contribution in [3.05, 3.63) is 64.7 Å². The number of piperidine rings is 1. The number of anilines is 1. The summed E-state index contributed by atoms with van der Waals surface area (Å²) in [5.74, 6) is -0.614. The molecule has 2 fully saturated rings. The van der Waals surface area contributed by atoms with Crippen molar-refractivity contribution in [3.8, 4) is 0 Å². The molecular formula is C29H38ClF3N4O2S. The number of likely N-dealkylation sites (tertiary alicyclic amines) is 2. The first-order chi connectivity index (χ1) is 18.9. The average Bonchev–Trinajstić information content (AvgIpc) is 2.90. The van der Waals surface area contributed by atoms with E-state index in [4.69, 9.17) is 11.6 Å². The number of thioether (sulfide) groups is 1. The molecule has 2 aliphatic rings. The predicted molar refractivity (Wildman–Crippen MR) is 157 cm³/mol. The van der Waals surface area contributed by atoms with E-state index in [9.17, 15) is 22.8 Å². The minimum absolute atomic E-state index is 0.0891. The molecule has 0 spiro atoms. The Kier molecular flexibility index (Phi) is 11.6. The number of carbonyl (C=O) groups is 2. The van der Waals surface area contributed by atoms with Crippen molar-refractivity contribution in [2.75, 3.05) is 57.6 Å². The Morgan fingerprint density at radius 3 is 2.25 bits per heavy atom. The molecule has 1 unspecified atom stereocenters. The third kappa shape index (κ3) is 8.78. The van der Waals surface area contributed by atoms with Gasteiger partial charge in [0.25, 0.3) is 5.91 Å². The minimum Gasteiger partial charge on any atom is -0.380 e. The fourth-order valence-corrected chi connectivity index (χ4v) is 5.47. The van der Waals surface area contributed by atoms with Crippen LogP contribution in [0.2, 0.25) is 5.02 Å². The van der Waals surface area contributed by atoms with E-state index in [0.29, 0.717) is 34.0 Å². The maximum atomic E-state index is 12.1. The number of benzene rings is 2. The third-order valence-corrected chi connectivity index (χ3v) is 8.13. The Morgan fingerprint density at radius 2 is 1.73 bits per heavy atom. The lowest BCUT2D eigenvalue weighted by atomic mass is 9.97. The van der Waals surface area contributed by atoms with E-state index in [1.54, 1.807) is 50.1 Å². The van der Waals surface area contributed by atoms with Crippen molar-refractivity contribution in [2.45, 2.75) is 43.9 Å². The maximum absolute atomic E-state index is 12.1. The molecule has 6 nitrogen and oxygen atoms in total. The molecule has 220 valence electrons. The Bertz CT molecular complexity index is 1120. The number of hydrogen-bond donors (Lipinski definition) is 1. The lowest BCUT2D eigenvalue weighted by molar-refractivity contribution is -0.146. The van der Waals surface area contributed by atoms with Gasteiger partial charge in [-0.25, -0.2) is 0 Å². The number of amides is 2. The molecule has 11 heteroatoms. The number of halogens is 4. The zero-order valence-electron chi connectivity index (χ0n) is 23.4. The highest BCUT2D eigenvalue weighted by Gasteiger charge is 2.37.